The fraction of sp³-hybridized carbons (Fsp3) is 0.767. The average Bonchev–Trinajstić information content (AvgIpc) is 4.01. The molecule has 0 bridgehead atoms. The van der Waals surface area contributed by atoms with Gasteiger partial charge in [-0.15, -0.1) is 0 Å². The topological polar surface area (TPSA) is 374 Å². The number of hydrogen-bond donors (Lipinski definition) is 13. The van der Waals surface area contributed by atoms with E-state index in [-0.39, 0.29) is 31.7 Å². The minimum atomic E-state index is -1.67. The molecule has 2 aliphatic heterocycles. The largest absolute Gasteiger partial charge is 0.480 e. The van der Waals surface area contributed by atoms with Gasteiger partial charge in [0.2, 0.25) is 53.2 Å². The maximum atomic E-state index is 14.3. The third kappa shape index (κ3) is 16.8. The molecule has 9 amide bonds. The molecule has 2 fully saturated rings. The van der Waals surface area contributed by atoms with Crippen LogP contribution in [0.25, 0.3) is 0 Å². The number of thiol groups is 1. The first-order valence-corrected chi connectivity index (χ1v) is 23.9. The van der Waals surface area contributed by atoms with Crippen molar-refractivity contribution in [3.05, 3.63) is 0 Å². The standard InChI is InChI=1S/C43H75N11O13S/c1-7-24(6)34(41(64)48-26(19-55)36(59)47-27(20-56)37(60)51-33(23(4)5)43(66)67)52-40(63)30-14-11-17-54(30)42(65)32(22(2)3)50-35(58)25(12-8-9-15-44)46-38(61)28(21-68)49-39(62)29-13-10-16-53(29)31(57)18-45/h22-30,32-34,55-56,68H,7-21,44-45H2,1-6H3,(H,46,61)(H,47,59)(H,48,64)(H,49,62)(H,50,58)(H,51,60)(H,52,63)(H,66,67)/t24-,25-,26-,27-,28-,29-,30-,32-,33-,34-/m0/s1. The summed E-state index contributed by atoms with van der Waals surface area (Å²) in [6, 6.07) is -11.4. The third-order valence-electron chi connectivity index (χ3n) is 12.2. The monoisotopic (exact) mass is 986 g/mol. The van der Waals surface area contributed by atoms with Crippen molar-refractivity contribution in [1.29, 1.82) is 0 Å². The highest BCUT2D eigenvalue weighted by Crippen LogP contribution is 2.22. The Morgan fingerprint density at radius 2 is 1.07 bits per heavy atom. The molecule has 68 heavy (non-hydrogen) atoms. The van der Waals surface area contributed by atoms with Gasteiger partial charge in [0.1, 0.15) is 54.4 Å². The number of carbonyl (C=O) groups excluding carboxylic acids is 9. The molecule has 14 N–H and O–H groups in total. The van der Waals surface area contributed by atoms with Crippen molar-refractivity contribution in [1.82, 2.24) is 47.0 Å². The minimum absolute atomic E-state index is 0.123. The number of nitrogens with two attached hydrogens (primary N) is 2. The number of carbonyl (C=O) groups is 10. The van der Waals surface area contributed by atoms with Gasteiger partial charge in [-0.3, -0.25) is 43.2 Å². The van der Waals surface area contributed by atoms with Crippen molar-refractivity contribution >= 4 is 71.8 Å². The Hall–Kier alpha value is -5.11. The van der Waals surface area contributed by atoms with E-state index in [4.69, 9.17) is 11.5 Å². The number of likely N-dealkylation sites (tertiary alicyclic amines) is 2. The van der Waals surface area contributed by atoms with E-state index in [0.29, 0.717) is 51.6 Å². The van der Waals surface area contributed by atoms with Crippen molar-refractivity contribution in [2.24, 2.45) is 29.2 Å². The first-order chi connectivity index (χ1) is 32.1. The summed E-state index contributed by atoms with van der Waals surface area (Å²) in [6.07, 6.45) is 2.96. The lowest BCUT2D eigenvalue weighted by molar-refractivity contribution is -0.144. The summed E-state index contributed by atoms with van der Waals surface area (Å²) in [5, 5.41) is 46.9. The van der Waals surface area contributed by atoms with Gasteiger partial charge in [0.05, 0.1) is 19.8 Å². The van der Waals surface area contributed by atoms with E-state index in [1.54, 1.807) is 41.5 Å². The molecule has 2 heterocycles. The Morgan fingerprint density at radius 3 is 1.57 bits per heavy atom. The lowest BCUT2D eigenvalue weighted by Crippen LogP contribution is -2.62. The van der Waals surface area contributed by atoms with Crippen LogP contribution in [-0.4, -0.2) is 184 Å². The number of aliphatic carboxylic acids is 1. The molecule has 0 saturated carbocycles. The Kier molecular flexibility index (Phi) is 25.2. The highest BCUT2D eigenvalue weighted by atomic mass is 32.1. The summed E-state index contributed by atoms with van der Waals surface area (Å²) in [7, 11) is 0. The fourth-order valence-corrected chi connectivity index (χ4v) is 8.10. The third-order valence-corrected chi connectivity index (χ3v) is 12.5. The van der Waals surface area contributed by atoms with E-state index in [1.165, 1.54) is 9.80 Å². The van der Waals surface area contributed by atoms with Crippen LogP contribution in [0.2, 0.25) is 0 Å². The number of amides is 9. The van der Waals surface area contributed by atoms with Crippen molar-refractivity contribution in [3.63, 3.8) is 0 Å². The second kappa shape index (κ2) is 29.0. The zero-order valence-electron chi connectivity index (χ0n) is 40.0. The van der Waals surface area contributed by atoms with Crippen LogP contribution in [-0.2, 0) is 47.9 Å². The van der Waals surface area contributed by atoms with Gasteiger partial charge < -0.3 is 73.8 Å². The molecule has 2 rings (SSSR count). The quantitative estimate of drug-likeness (QED) is 0.0261. The summed E-state index contributed by atoms with van der Waals surface area (Å²) in [5.74, 6) is -9.78. The Labute approximate surface area is 402 Å². The molecule has 0 radical (unpaired) electrons. The molecule has 0 aliphatic carbocycles. The highest BCUT2D eigenvalue weighted by molar-refractivity contribution is 7.80. The smallest absolute Gasteiger partial charge is 0.326 e. The number of hydrogen-bond acceptors (Lipinski definition) is 15. The van der Waals surface area contributed by atoms with Crippen LogP contribution in [0.4, 0.5) is 0 Å². The predicted molar refractivity (Wildman–Crippen MR) is 250 cm³/mol. The van der Waals surface area contributed by atoms with Crippen LogP contribution in [0.15, 0.2) is 0 Å². The SMILES string of the molecule is CC[C@H](C)[C@H](NC(=O)[C@@H]1CCCN1C(=O)[C@@H](NC(=O)[C@H](CCCCN)NC(=O)[C@H](CS)NC(=O)[C@@H]1CCCN1C(=O)CN)C(C)C)C(=O)N[C@@H](CO)C(=O)N[C@@H](CO)C(=O)N[C@H](C(=O)O)C(C)C. The lowest BCUT2D eigenvalue weighted by Gasteiger charge is -2.33. The molecule has 0 aromatic heterocycles. The predicted octanol–water partition coefficient (Wildman–Crippen LogP) is -4.19. The molecular weight excluding hydrogens is 911 g/mol. The molecule has 0 spiro atoms. The average molecular weight is 986 g/mol. The van der Waals surface area contributed by atoms with Crippen LogP contribution >= 0.6 is 12.6 Å². The Balaban J connectivity index is 2.23. The second-order valence-corrected chi connectivity index (χ2v) is 18.3. The minimum Gasteiger partial charge on any atom is -0.480 e. The maximum Gasteiger partial charge on any atom is 0.326 e. The van der Waals surface area contributed by atoms with Crippen molar-refractivity contribution in [2.75, 3.05) is 45.1 Å². The number of unbranched alkanes of at least 4 members (excludes halogenated alkanes) is 1. The number of aliphatic hydroxyl groups excluding tert-OH is 2. The zero-order chi connectivity index (χ0) is 51.4. The molecule has 10 atom stereocenters. The molecule has 0 aromatic rings. The number of nitrogens with one attached hydrogen (secondary N) is 7. The van der Waals surface area contributed by atoms with E-state index in [0.717, 1.165) is 0 Å². The van der Waals surface area contributed by atoms with E-state index < -0.39 is 144 Å². The van der Waals surface area contributed by atoms with Crippen molar-refractivity contribution in [2.45, 2.75) is 147 Å². The first-order valence-electron chi connectivity index (χ1n) is 23.3. The van der Waals surface area contributed by atoms with Crippen LogP contribution in [0.1, 0.15) is 92.9 Å². The molecule has 0 unspecified atom stereocenters. The van der Waals surface area contributed by atoms with E-state index >= 15 is 0 Å². The first kappa shape index (κ1) is 59.0. The van der Waals surface area contributed by atoms with E-state index in [1.807, 2.05) is 0 Å². The highest BCUT2D eigenvalue weighted by Gasteiger charge is 2.42. The van der Waals surface area contributed by atoms with Gasteiger partial charge >= 0.3 is 5.97 Å². The van der Waals surface area contributed by atoms with Gasteiger partial charge in [-0.05, 0) is 69.2 Å². The zero-order valence-corrected chi connectivity index (χ0v) is 40.8. The van der Waals surface area contributed by atoms with Gasteiger partial charge in [-0.25, -0.2) is 4.79 Å². The normalized spacial score (nSPS) is 19.4. The summed E-state index contributed by atoms with van der Waals surface area (Å²) in [4.78, 5) is 135. The molecular formula is C43H75N11O13S. The maximum absolute atomic E-state index is 14.3. The van der Waals surface area contributed by atoms with Crippen molar-refractivity contribution < 1.29 is 63.3 Å². The number of nitrogens with zero attached hydrogens (tertiary/aromatic N) is 2. The van der Waals surface area contributed by atoms with Crippen LogP contribution in [0.5, 0.6) is 0 Å². The van der Waals surface area contributed by atoms with Gasteiger partial charge in [0.15, 0.2) is 0 Å². The summed E-state index contributed by atoms with van der Waals surface area (Å²) >= 11 is 4.25. The second-order valence-electron chi connectivity index (χ2n) is 17.9. The molecule has 24 nitrogen and oxygen atoms in total. The molecule has 2 saturated heterocycles. The van der Waals surface area contributed by atoms with Crippen LogP contribution in [0, 0.1) is 17.8 Å². The van der Waals surface area contributed by atoms with E-state index in [2.05, 4.69) is 49.8 Å². The van der Waals surface area contributed by atoms with Crippen LogP contribution in [0.3, 0.4) is 0 Å². The summed E-state index contributed by atoms with van der Waals surface area (Å²) in [5.41, 5.74) is 11.2. The summed E-state index contributed by atoms with van der Waals surface area (Å²) < 4.78 is 0. The number of carboxylic acid groups (broad SMARTS) is 1. The Morgan fingerprint density at radius 1 is 0.603 bits per heavy atom. The van der Waals surface area contributed by atoms with Gasteiger partial charge in [-0.1, -0.05) is 48.0 Å². The molecule has 0 aromatic carbocycles. The van der Waals surface area contributed by atoms with Gasteiger partial charge in [-0.2, -0.15) is 12.6 Å². The van der Waals surface area contributed by atoms with Gasteiger partial charge in [0, 0.05) is 18.8 Å². The van der Waals surface area contributed by atoms with Crippen LogP contribution < -0.4 is 48.7 Å². The summed E-state index contributed by atoms with van der Waals surface area (Å²) in [6.45, 7) is 8.46. The number of rotatable bonds is 28. The van der Waals surface area contributed by atoms with E-state index in [9.17, 15) is 63.3 Å². The lowest BCUT2D eigenvalue weighted by atomic mass is 9.97. The van der Waals surface area contributed by atoms with Crippen molar-refractivity contribution in [3.8, 4) is 0 Å². The Bertz CT molecular complexity index is 1780. The fourth-order valence-electron chi connectivity index (χ4n) is 7.84. The number of carboxylic acids is 1. The molecule has 2 aliphatic rings. The number of aliphatic hydroxyl groups is 2. The van der Waals surface area contributed by atoms with Gasteiger partial charge in [0.25, 0.3) is 0 Å². The molecule has 25 heteroatoms. The molecule has 386 valence electrons.